The number of methoxy groups -OCH3 is 1. The van der Waals surface area contributed by atoms with Gasteiger partial charge in [-0.1, -0.05) is 18.2 Å². The van der Waals surface area contributed by atoms with E-state index in [-0.39, 0.29) is 12.4 Å². The van der Waals surface area contributed by atoms with E-state index in [1.54, 1.807) is 12.1 Å². The molecule has 0 aliphatic heterocycles. The van der Waals surface area contributed by atoms with Crippen molar-refractivity contribution in [2.45, 2.75) is 13.2 Å². The number of aliphatic hydroxyl groups is 1. The Morgan fingerprint density at radius 2 is 2.00 bits per heavy atom. The van der Waals surface area contributed by atoms with Gasteiger partial charge < -0.3 is 14.4 Å². The number of hydrogen-bond acceptors (Lipinski definition) is 2. The first-order valence-corrected chi connectivity index (χ1v) is 6.73. The molecule has 108 valence electrons. The van der Waals surface area contributed by atoms with Crippen LogP contribution in [-0.4, -0.2) is 16.8 Å². The van der Waals surface area contributed by atoms with E-state index in [0.29, 0.717) is 17.9 Å². The van der Waals surface area contributed by atoms with Crippen molar-refractivity contribution in [2.24, 2.45) is 0 Å². The quantitative estimate of drug-likeness (QED) is 0.798. The molecule has 2 aromatic carbocycles. The van der Waals surface area contributed by atoms with E-state index in [9.17, 15) is 9.50 Å². The number of aliphatic hydroxyl groups excluding tert-OH is 1. The Morgan fingerprint density at radius 1 is 1.14 bits per heavy atom. The Kier molecular flexibility index (Phi) is 3.62. The van der Waals surface area contributed by atoms with Gasteiger partial charge in [0, 0.05) is 28.7 Å². The Balaban J connectivity index is 1.99. The predicted octanol–water partition coefficient (Wildman–Crippen LogP) is 3.33. The second-order valence-electron chi connectivity index (χ2n) is 4.91. The molecule has 0 radical (unpaired) electrons. The Labute approximate surface area is 122 Å². The molecule has 0 aliphatic carbocycles. The van der Waals surface area contributed by atoms with Crippen molar-refractivity contribution in [1.29, 1.82) is 0 Å². The Morgan fingerprint density at radius 3 is 2.71 bits per heavy atom. The maximum Gasteiger partial charge on any atom is 0.131 e. The zero-order chi connectivity index (χ0) is 14.8. The Bertz CT molecular complexity index is 780. The summed E-state index contributed by atoms with van der Waals surface area (Å²) in [4.78, 5) is 0. The van der Waals surface area contributed by atoms with E-state index < -0.39 is 0 Å². The number of hydrogen-bond donors (Lipinski definition) is 1. The van der Waals surface area contributed by atoms with Crippen LogP contribution in [0.15, 0.2) is 48.7 Å². The molecule has 0 fully saturated rings. The highest BCUT2D eigenvalue weighted by Crippen LogP contribution is 2.23. The number of rotatable bonds is 4. The largest absolute Gasteiger partial charge is 0.497 e. The number of ether oxygens (including phenoxy) is 1. The monoisotopic (exact) mass is 285 g/mol. The van der Waals surface area contributed by atoms with Crippen LogP contribution in [0.5, 0.6) is 5.75 Å². The van der Waals surface area contributed by atoms with E-state index in [1.165, 1.54) is 13.2 Å². The third-order valence-corrected chi connectivity index (χ3v) is 3.68. The van der Waals surface area contributed by atoms with Crippen molar-refractivity contribution in [3.05, 3.63) is 65.6 Å². The summed E-state index contributed by atoms with van der Waals surface area (Å²) >= 11 is 0. The van der Waals surface area contributed by atoms with Crippen LogP contribution < -0.4 is 4.74 Å². The second-order valence-corrected chi connectivity index (χ2v) is 4.91. The van der Waals surface area contributed by atoms with Crippen LogP contribution in [0.1, 0.15) is 11.1 Å². The number of fused-ring (bicyclic) bond motifs is 1. The van der Waals surface area contributed by atoms with Gasteiger partial charge in [0.05, 0.1) is 20.3 Å². The maximum atomic E-state index is 14.0. The summed E-state index contributed by atoms with van der Waals surface area (Å²) in [5, 5.41) is 10.3. The van der Waals surface area contributed by atoms with Gasteiger partial charge >= 0.3 is 0 Å². The molecule has 4 heteroatoms. The highest BCUT2D eigenvalue weighted by molar-refractivity contribution is 5.83. The maximum absolute atomic E-state index is 14.0. The zero-order valence-corrected chi connectivity index (χ0v) is 11.7. The van der Waals surface area contributed by atoms with E-state index >= 15 is 0 Å². The summed E-state index contributed by atoms with van der Waals surface area (Å²) in [7, 11) is 1.52. The highest BCUT2D eigenvalue weighted by Gasteiger charge is 2.08. The third kappa shape index (κ3) is 2.50. The predicted molar refractivity (Wildman–Crippen MR) is 79.9 cm³/mol. The molecule has 0 bridgehead atoms. The molecule has 0 aliphatic rings. The van der Waals surface area contributed by atoms with Gasteiger partial charge in [-0.3, -0.25) is 0 Å². The first-order valence-electron chi connectivity index (χ1n) is 6.73. The molecule has 3 nitrogen and oxygen atoms in total. The van der Waals surface area contributed by atoms with E-state index in [4.69, 9.17) is 4.74 Å². The average Bonchev–Trinajstić information content (AvgIpc) is 2.92. The summed E-state index contributed by atoms with van der Waals surface area (Å²) < 4.78 is 21.0. The van der Waals surface area contributed by atoms with Crippen LogP contribution in [0.2, 0.25) is 0 Å². The summed E-state index contributed by atoms with van der Waals surface area (Å²) in [6.45, 7) is 0.437. The minimum absolute atomic E-state index is 0.00174. The minimum atomic E-state index is -0.283. The number of benzene rings is 2. The van der Waals surface area contributed by atoms with Crippen LogP contribution in [0.4, 0.5) is 4.39 Å². The fraction of sp³-hybridized carbons (Fsp3) is 0.176. The van der Waals surface area contributed by atoms with Gasteiger partial charge in [-0.2, -0.15) is 0 Å². The molecule has 3 aromatic rings. The normalized spacial score (nSPS) is 11.0. The van der Waals surface area contributed by atoms with Crippen LogP contribution in [0.3, 0.4) is 0 Å². The third-order valence-electron chi connectivity index (χ3n) is 3.68. The topological polar surface area (TPSA) is 34.4 Å². The molecule has 3 rings (SSSR count). The molecule has 1 heterocycles. The zero-order valence-electron chi connectivity index (χ0n) is 11.7. The summed E-state index contributed by atoms with van der Waals surface area (Å²) in [5.74, 6) is 0.227. The summed E-state index contributed by atoms with van der Waals surface area (Å²) in [6, 6.07) is 12.6. The van der Waals surface area contributed by atoms with Gasteiger partial charge in [0.25, 0.3) is 0 Å². The molecular weight excluding hydrogens is 269 g/mol. The smallest absolute Gasteiger partial charge is 0.131 e. The average molecular weight is 285 g/mol. The lowest BCUT2D eigenvalue weighted by Gasteiger charge is -2.09. The lowest BCUT2D eigenvalue weighted by Crippen LogP contribution is -2.01. The number of halogens is 1. The highest BCUT2D eigenvalue weighted by atomic mass is 19.1. The SMILES string of the molecule is COc1ccc(Cn2ccc3c(CO)cccc32)c(F)c1. The fourth-order valence-corrected chi connectivity index (χ4v) is 2.53. The summed E-state index contributed by atoms with van der Waals surface area (Å²) in [6.07, 6.45) is 1.91. The molecule has 1 aromatic heterocycles. The van der Waals surface area contributed by atoms with Crippen LogP contribution in [0.25, 0.3) is 10.9 Å². The Hall–Kier alpha value is -2.33. The van der Waals surface area contributed by atoms with Gasteiger partial charge in [-0.05, 0) is 23.8 Å². The molecule has 0 saturated carbocycles. The first-order chi connectivity index (χ1) is 10.2. The molecule has 1 N–H and O–H groups in total. The standard InChI is InChI=1S/C17H16FNO2/c1-21-14-6-5-12(16(18)9-14)10-19-8-7-15-13(11-20)3-2-4-17(15)19/h2-9,20H,10-11H2,1H3. The van der Waals surface area contributed by atoms with Crippen LogP contribution in [0, 0.1) is 5.82 Å². The van der Waals surface area contributed by atoms with Crippen molar-refractivity contribution in [3.8, 4) is 5.75 Å². The van der Waals surface area contributed by atoms with Crippen molar-refractivity contribution < 1.29 is 14.2 Å². The van der Waals surface area contributed by atoms with Gasteiger partial charge in [0.2, 0.25) is 0 Å². The van der Waals surface area contributed by atoms with Crippen molar-refractivity contribution in [2.75, 3.05) is 7.11 Å². The van der Waals surface area contributed by atoms with Crippen molar-refractivity contribution in [1.82, 2.24) is 4.57 Å². The molecule has 0 atom stereocenters. The van der Waals surface area contributed by atoms with Crippen LogP contribution >= 0.6 is 0 Å². The fourth-order valence-electron chi connectivity index (χ4n) is 2.53. The second kappa shape index (κ2) is 5.58. The minimum Gasteiger partial charge on any atom is -0.497 e. The van der Waals surface area contributed by atoms with Crippen LogP contribution in [-0.2, 0) is 13.2 Å². The number of nitrogens with zero attached hydrogens (tertiary/aromatic N) is 1. The summed E-state index contributed by atoms with van der Waals surface area (Å²) in [5.41, 5.74) is 2.46. The lowest BCUT2D eigenvalue weighted by atomic mass is 10.1. The molecule has 0 spiro atoms. The van der Waals surface area contributed by atoms with E-state index in [0.717, 1.165) is 16.5 Å². The van der Waals surface area contributed by atoms with Gasteiger partial charge in [-0.25, -0.2) is 4.39 Å². The first kappa shape index (κ1) is 13.6. The van der Waals surface area contributed by atoms with Crippen molar-refractivity contribution >= 4 is 10.9 Å². The molecular formula is C17H16FNO2. The van der Waals surface area contributed by atoms with E-state index in [1.807, 2.05) is 35.0 Å². The molecule has 0 saturated heterocycles. The molecule has 21 heavy (non-hydrogen) atoms. The van der Waals surface area contributed by atoms with Gasteiger partial charge in [-0.15, -0.1) is 0 Å². The molecule has 0 unspecified atom stereocenters. The van der Waals surface area contributed by atoms with Gasteiger partial charge in [0.1, 0.15) is 11.6 Å². The van der Waals surface area contributed by atoms with E-state index in [2.05, 4.69) is 0 Å². The van der Waals surface area contributed by atoms with Crippen molar-refractivity contribution in [3.63, 3.8) is 0 Å². The number of aromatic nitrogens is 1. The lowest BCUT2D eigenvalue weighted by molar-refractivity contribution is 0.283. The molecule has 0 amide bonds. The van der Waals surface area contributed by atoms with Gasteiger partial charge in [0.15, 0.2) is 0 Å².